The van der Waals surface area contributed by atoms with Gasteiger partial charge in [-0.05, 0) is 36.2 Å². The van der Waals surface area contributed by atoms with E-state index in [2.05, 4.69) is 20.4 Å². The first-order chi connectivity index (χ1) is 16.2. The Balaban J connectivity index is 1.43. The third-order valence-electron chi connectivity index (χ3n) is 5.59. The van der Waals surface area contributed by atoms with Gasteiger partial charge in [-0.3, -0.25) is 4.79 Å². The van der Waals surface area contributed by atoms with Crippen LogP contribution in [0.2, 0.25) is 0 Å². The van der Waals surface area contributed by atoms with Crippen LogP contribution < -0.4 is 4.74 Å². The molecule has 1 unspecified atom stereocenters. The number of ether oxygens (including phenoxy) is 2. The molecule has 1 saturated heterocycles. The number of hydrogen-bond acceptors (Lipinski definition) is 7. The number of aromatic nitrogens is 6. The molecule has 1 aliphatic heterocycles. The summed E-state index contributed by atoms with van der Waals surface area (Å²) in [5.41, 5.74) is 3.02. The van der Waals surface area contributed by atoms with E-state index in [0.29, 0.717) is 43.2 Å². The van der Waals surface area contributed by atoms with E-state index in [-0.39, 0.29) is 11.9 Å². The molecule has 1 fully saturated rings. The lowest BCUT2D eigenvalue weighted by atomic mass is 10.0. The maximum Gasteiger partial charge on any atom is 0.256 e. The lowest BCUT2D eigenvalue weighted by Gasteiger charge is -2.36. The summed E-state index contributed by atoms with van der Waals surface area (Å²) in [6.07, 6.45) is 7.08. The number of amides is 1. The second-order valence-electron chi connectivity index (χ2n) is 7.62. The molecule has 0 aliphatic carbocycles. The second-order valence-corrected chi connectivity index (χ2v) is 7.62. The van der Waals surface area contributed by atoms with Crippen LogP contribution in [0.15, 0.2) is 67.3 Å². The van der Waals surface area contributed by atoms with Gasteiger partial charge in [-0.25, -0.2) is 0 Å². The number of nitrogens with zero attached hydrogens (tertiary/aromatic N) is 7. The minimum atomic E-state index is -0.118. The predicted molar refractivity (Wildman–Crippen MR) is 119 cm³/mol. The molecule has 0 N–H and O–H groups in total. The molecule has 3 heterocycles. The SMILES string of the molecule is COc1ccc(C(=O)N2CCOCC2Cc2cccc(-n3nccn3)c2)c(-n2nccn2)c1. The summed E-state index contributed by atoms with van der Waals surface area (Å²) >= 11 is 0. The van der Waals surface area contributed by atoms with Crippen molar-refractivity contribution in [1.29, 1.82) is 0 Å². The van der Waals surface area contributed by atoms with Crippen molar-refractivity contribution in [3.05, 3.63) is 78.4 Å². The van der Waals surface area contributed by atoms with E-state index < -0.39 is 0 Å². The first-order valence-corrected chi connectivity index (χ1v) is 10.6. The highest BCUT2D eigenvalue weighted by Crippen LogP contribution is 2.24. The van der Waals surface area contributed by atoms with Gasteiger partial charge in [0.25, 0.3) is 5.91 Å². The Morgan fingerprint density at radius 1 is 1.03 bits per heavy atom. The zero-order valence-electron chi connectivity index (χ0n) is 18.1. The van der Waals surface area contributed by atoms with Gasteiger partial charge in [-0.1, -0.05) is 12.1 Å². The number of hydrogen-bond donors (Lipinski definition) is 0. The van der Waals surface area contributed by atoms with Crippen molar-refractivity contribution < 1.29 is 14.3 Å². The van der Waals surface area contributed by atoms with E-state index in [1.165, 1.54) is 4.80 Å². The summed E-state index contributed by atoms with van der Waals surface area (Å²) in [7, 11) is 1.59. The van der Waals surface area contributed by atoms with Gasteiger partial charge in [0.15, 0.2) is 0 Å². The molecule has 1 atom stereocenters. The average Bonchev–Trinajstić information content (AvgIpc) is 3.59. The zero-order valence-corrected chi connectivity index (χ0v) is 18.1. The smallest absolute Gasteiger partial charge is 0.256 e. The molecule has 168 valence electrons. The van der Waals surface area contributed by atoms with Gasteiger partial charge in [0.1, 0.15) is 11.4 Å². The van der Waals surface area contributed by atoms with Gasteiger partial charge >= 0.3 is 0 Å². The summed E-state index contributed by atoms with van der Waals surface area (Å²) < 4.78 is 11.1. The van der Waals surface area contributed by atoms with Crippen LogP contribution in [0, 0.1) is 0 Å². The van der Waals surface area contributed by atoms with Gasteiger partial charge in [-0.15, -0.1) is 0 Å². The van der Waals surface area contributed by atoms with Crippen LogP contribution >= 0.6 is 0 Å². The Morgan fingerprint density at radius 3 is 2.55 bits per heavy atom. The summed E-state index contributed by atoms with van der Waals surface area (Å²) in [6.45, 7) is 1.45. The summed E-state index contributed by atoms with van der Waals surface area (Å²) in [6, 6.07) is 13.2. The molecule has 1 amide bonds. The Kier molecular flexibility index (Phi) is 5.81. The molecule has 10 heteroatoms. The third kappa shape index (κ3) is 4.33. The van der Waals surface area contributed by atoms with Gasteiger partial charge in [-0.2, -0.15) is 30.0 Å². The molecule has 2 aromatic carbocycles. The number of methoxy groups -OCH3 is 1. The molecule has 2 aromatic heterocycles. The Morgan fingerprint density at radius 2 is 1.79 bits per heavy atom. The zero-order chi connectivity index (χ0) is 22.6. The van der Waals surface area contributed by atoms with Crippen LogP contribution in [0.25, 0.3) is 11.4 Å². The van der Waals surface area contributed by atoms with Crippen molar-refractivity contribution in [2.75, 3.05) is 26.9 Å². The summed E-state index contributed by atoms with van der Waals surface area (Å²) in [5.74, 6) is 0.532. The number of rotatable bonds is 6. The fourth-order valence-corrected chi connectivity index (χ4v) is 4.00. The normalized spacial score (nSPS) is 16.0. The molecule has 4 aromatic rings. The minimum Gasteiger partial charge on any atom is -0.497 e. The number of benzene rings is 2. The fourth-order valence-electron chi connectivity index (χ4n) is 4.00. The molecular formula is C23H23N7O3. The van der Waals surface area contributed by atoms with E-state index in [1.54, 1.807) is 54.9 Å². The molecule has 1 aliphatic rings. The van der Waals surface area contributed by atoms with Crippen LogP contribution in [-0.4, -0.2) is 73.7 Å². The number of morpholine rings is 1. The van der Waals surface area contributed by atoms with Gasteiger partial charge in [0.2, 0.25) is 0 Å². The van der Waals surface area contributed by atoms with Gasteiger partial charge in [0, 0.05) is 12.6 Å². The standard InChI is InChI=1S/C23H23N7O3/c1-32-20-5-6-21(22(15-20)30-26-9-10-27-30)23(31)28-11-12-33-16-19(28)14-17-3-2-4-18(13-17)29-24-7-8-25-29/h2-10,13,15,19H,11-12,14,16H2,1H3. The van der Waals surface area contributed by atoms with E-state index >= 15 is 0 Å². The molecule has 0 radical (unpaired) electrons. The highest BCUT2D eigenvalue weighted by atomic mass is 16.5. The number of carbonyl (C=O) groups excluding carboxylic acids is 1. The Bertz CT molecular complexity index is 1220. The summed E-state index contributed by atoms with van der Waals surface area (Å²) in [5, 5.41) is 16.8. The highest BCUT2D eigenvalue weighted by Gasteiger charge is 2.30. The lowest BCUT2D eigenvalue weighted by molar-refractivity contribution is -0.00165. The van der Waals surface area contributed by atoms with E-state index in [1.807, 2.05) is 29.2 Å². The van der Waals surface area contributed by atoms with Crippen molar-refractivity contribution in [3.63, 3.8) is 0 Å². The maximum absolute atomic E-state index is 13.7. The quantitative estimate of drug-likeness (QED) is 0.447. The first kappa shape index (κ1) is 20.8. The monoisotopic (exact) mass is 445 g/mol. The predicted octanol–water partition coefficient (Wildman–Crippen LogP) is 1.94. The van der Waals surface area contributed by atoms with Crippen LogP contribution in [0.1, 0.15) is 15.9 Å². The van der Waals surface area contributed by atoms with Crippen molar-refractivity contribution in [3.8, 4) is 17.1 Å². The van der Waals surface area contributed by atoms with Crippen molar-refractivity contribution in [1.82, 2.24) is 34.9 Å². The van der Waals surface area contributed by atoms with Crippen LogP contribution in [0.4, 0.5) is 0 Å². The molecule has 0 saturated carbocycles. The first-order valence-electron chi connectivity index (χ1n) is 10.6. The van der Waals surface area contributed by atoms with E-state index in [4.69, 9.17) is 9.47 Å². The van der Waals surface area contributed by atoms with Crippen LogP contribution in [-0.2, 0) is 11.2 Å². The fraction of sp³-hybridized carbons (Fsp3) is 0.261. The van der Waals surface area contributed by atoms with Gasteiger partial charge < -0.3 is 14.4 Å². The lowest BCUT2D eigenvalue weighted by Crippen LogP contribution is -2.50. The third-order valence-corrected chi connectivity index (χ3v) is 5.59. The van der Waals surface area contributed by atoms with Crippen LogP contribution in [0.5, 0.6) is 5.75 Å². The molecule has 10 nitrogen and oxygen atoms in total. The molecule has 0 spiro atoms. The van der Waals surface area contributed by atoms with Crippen molar-refractivity contribution in [2.24, 2.45) is 0 Å². The van der Waals surface area contributed by atoms with Crippen LogP contribution in [0.3, 0.4) is 0 Å². The van der Waals surface area contributed by atoms with Crippen molar-refractivity contribution >= 4 is 5.91 Å². The molecule has 0 bridgehead atoms. The largest absolute Gasteiger partial charge is 0.497 e. The highest BCUT2D eigenvalue weighted by molar-refractivity contribution is 5.98. The van der Waals surface area contributed by atoms with E-state index in [0.717, 1.165) is 11.3 Å². The Hall–Kier alpha value is -4.05. The van der Waals surface area contributed by atoms with Crippen molar-refractivity contribution in [2.45, 2.75) is 12.5 Å². The van der Waals surface area contributed by atoms with E-state index in [9.17, 15) is 4.79 Å². The Labute approximate surface area is 190 Å². The maximum atomic E-state index is 13.7. The molecule has 5 rings (SSSR count). The molecule has 33 heavy (non-hydrogen) atoms. The topological polar surface area (TPSA) is 100 Å². The minimum absolute atomic E-state index is 0.0943. The summed E-state index contributed by atoms with van der Waals surface area (Å²) in [4.78, 5) is 18.6. The number of carbonyl (C=O) groups is 1. The van der Waals surface area contributed by atoms with Gasteiger partial charge in [0.05, 0.1) is 62.4 Å². The second kappa shape index (κ2) is 9.21. The average molecular weight is 445 g/mol. The molecular weight excluding hydrogens is 422 g/mol.